The molecule has 0 unspecified atom stereocenters. The van der Waals surface area contributed by atoms with E-state index in [1.807, 2.05) is 37.3 Å². The molecule has 1 saturated heterocycles. The summed E-state index contributed by atoms with van der Waals surface area (Å²) in [6.45, 7) is 1.89. The molecule has 2 aliphatic heterocycles. The molecule has 3 amide bonds. The number of likely N-dealkylation sites (N-methyl/N-ethyl adjacent to an activating group) is 1. The van der Waals surface area contributed by atoms with Gasteiger partial charge in [0.2, 0.25) is 11.6 Å². The van der Waals surface area contributed by atoms with Crippen molar-refractivity contribution in [1.82, 2.24) is 10.2 Å². The van der Waals surface area contributed by atoms with Crippen LogP contribution in [0, 0.1) is 0 Å². The summed E-state index contributed by atoms with van der Waals surface area (Å²) in [6, 6.07) is 16.3. The van der Waals surface area contributed by atoms with Crippen molar-refractivity contribution >= 4 is 23.4 Å². The first kappa shape index (κ1) is 17.3. The zero-order valence-corrected chi connectivity index (χ0v) is 15.3. The van der Waals surface area contributed by atoms with Crippen molar-refractivity contribution in [2.75, 3.05) is 11.9 Å². The molecule has 0 spiro atoms. The van der Waals surface area contributed by atoms with E-state index in [-0.39, 0.29) is 36.6 Å². The molecule has 2 aromatic rings. The van der Waals surface area contributed by atoms with E-state index >= 15 is 0 Å². The Kier molecular flexibility index (Phi) is 3.98. The predicted octanol–water partition coefficient (Wildman–Crippen LogP) is 2.47. The van der Waals surface area contributed by atoms with Crippen LogP contribution in [0.4, 0.5) is 5.69 Å². The van der Waals surface area contributed by atoms with Crippen LogP contribution >= 0.6 is 0 Å². The highest BCUT2D eigenvalue weighted by Crippen LogP contribution is 2.44. The fourth-order valence-corrected chi connectivity index (χ4v) is 4.07. The molecule has 27 heavy (non-hydrogen) atoms. The number of amides is 3. The van der Waals surface area contributed by atoms with Gasteiger partial charge in [-0.1, -0.05) is 42.5 Å². The van der Waals surface area contributed by atoms with Gasteiger partial charge in [0.05, 0.1) is 17.3 Å². The molecule has 2 heterocycles. The fraction of sp³-hybridized carbons (Fsp3) is 0.286. The highest BCUT2D eigenvalue weighted by Gasteiger charge is 2.59. The van der Waals surface area contributed by atoms with Crippen LogP contribution in [0.2, 0.25) is 0 Å². The third-order valence-corrected chi connectivity index (χ3v) is 5.55. The van der Waals surface area contributed by atoms with E-state index in [2.05, 4.69) is 5.32 Å². The summed E-state index contributed by atoms with van der Waals surface area (Å²) in [6.07, 6.45) is 0.495. The van der Waals surface area contributed by atoms with E-state index < -0.39 is 5.66 Å². The molecule has 2 aliphatic rings. The van der Waals surface area contributed by atoms with Crippen LogP contribution in [0.5, 0.6) is 0 Å². The summed E-state index contributed by atoms with van der Waals surface area (Å²) in [5.74, 6) is -0.738. The van der Waals surface area contributed by atoms with Gasteiger partial charge in [-0.15, -0.1) is 0 Å². The van der Waals surface area contributed by atoms with E-state index in [1.165, 1.54) is 9.80 Å². The van der Waals surface area contributed by atoms with Crippen LogP contribution in [0.3, 0.4) is 0 Å². The maximum absolute atomic E-state index is 13.4. The summed E-state index contributed by atoms with van der Waals surface area (Å²) in [4.78, 5) is 41.9. The first-order chi connectivity index (χ1) is 13.0. The summed E-state index contributed by atoms with van der Waals surface area (Å²) < 4.78 is 0. The molecule has 6 heteroatoms. The maximum Gasteiger partial charge on any atom is 0.267 e. The minimum atomic E-state index is -1.33. The highest BCUT2D eigenvalue weighted by atomic mass is 16.2. The van der Waals surface area contributed by atoms with Gasteiger partial charge in [0.1, 0.15) is 0 Å². The van der Waals surface area contributed by atoms with Gasteiger partial charge in [0.15, 0.2) is 0 Å². The van der Waals surface area contributed by atoms with Gasteiger partial charge in [-0.25, -0.2) is 0 Å². The van der Waals surface area contributed by atoms with E-state index in [9.17, 15) is 14.4 Å². The third-order valence-electron chi connectivity index (χ3n) is 5.55. The van der Waals surface area contributed by atoms with Gasteiger partial charge in [-0.2, -0.15) is 0 Å². The van der Waals surface area contributed by atoms with Crippen molar-refractivity contribution in [2.45, 2.75) is 31.5 Å². The number of fused-ring (bicyclic) bond motifs is 3. The smallest absolute Gasteiger partial charge is 0.267 e. The third kappa shape index (κ3) is 2.44. The average Bonchev–Trinajstić information content (AvgIpc) is 3.05. The van der Waals surface area contributed by atoms with Gasteiger partial charge in [-0.3, -0.25) is 19.3 Å². The summed E-state index contributed by atoms with van der Waals surface area (Å²) >= 11 is 0. The van der Waals surface area contributed by atoms with E-state index in [1.54, 1.807) is 31.3 Å². The Morgan fingerprint density at radius 3 is 2.48 bits per heavy atom. The summed E-state index contributed by atoms with van der Waals surface area (Å²) in [5, 5.41) is 3.00. The number of carbonyl (C=O) groups excluding carboxylic acids is 3. The Hall–Kier alpha value is -3.15. The lowest BCUT2D eigenvalue weighted by atomic mass is 9.95. The standard InChI is InChI=1S/C21H21N3O3/c1-14(15-8-4-3-5-9-15)22-20(27)21-13-12-18(25)24(21)17-11-7-6-10-16(17)19(26)23(21)2/h3-11,14H,12-13H2,1-2H3,(H,22,27)/t14-,21-/m0/s1. The molecule has 138 valence electrons. The van der Waals surface area contributed by atoms with Gasteiger partial charge in [-0.05, 0) is 24.6 Å². The zero-order valence-electron chi connectivity index (χ0n) is 15.3. The molecule has 0 aromatic heterocycles. The molecular formula is C21H21N3O3. The number of carbonyl (C=O) groups is 3. The lowest BCUT2D eigenvalue weighted by molar-refractivity contribution is -0.133. The Morgan fingerprint density at radius 2 is 1.74 bits per heavy atom. The maximum atomic E-state index is 13.4. The highest BCUT2D eigenvalue weighted by molar-refractivity contribution is 6.16. The fourth-order valence-electron chi connectivity index (χ4n) is 4.07. The van der Waals surface area contributed by atoms with Crippen molar-refractivity contribution in [3.05, 3.63) is 65.7 Å². The second-order valence-electron chi connectivity index (χ2n) is 7.03. The quantitative estimate of drug-likeness (QED) is 0.911. The summed E-state index contributed by atoms with van der Waals surface area (Å²) in [5.41, 5.74) is 0.578. The van der Waals surface area contributed by atoms with Gasteiger partial charge < -0.3 is 10.2 Å². The molecule has 0 radical (unpaired) electrons. The minimum Gasteiger partial charge on any atom is -0.346 e. The Labute approximate surface area is 157 Å². The number of nitrogens with zero attached hydrogens (tertiary/aromatic N) is 2. The number of hydrogen-bond acceptors (Lipinski definition) is 3. The number of anilines is 1. The second kappa shape index (κ2) is 6.23. The lowest BCUT2D eigenvalue weighted by Gasteiger charge is -2.47. The summed E-state index contributed by atoms with van der Waals surface area (Å²) in [7, 11) is 1.59. The van der Waals surface area contributed by atoms with Crippen molar-refractivity contribution in [3.63, 3.8) is 0 Å². The molecule has 0 aliphatic carbocycles. The molecule has 1 fully saturated rings. The Balaban J connectivity index is 1.75. The molecule has 4 rings (SSSR count). The van der Waals surface area contributed by atoms with Crippen molar-refractivity contribution in [3.8, 4) is 0 Å². The topological polar surface area (TPSA) is 69.7 Å². The van der Waals surface area contributed by atoms with Gasteiger partial charge in [0.25, 0.3) is 11.8 Å². The molecule has 2 aromatic carbocycles. The normalized spacial score (nSPS) is 22.3. The van der Waals surface area contributed by atoms with Crippen LogP contribution in [-0.2, 0) is 9.59 Å². The van der Waals surface area contributed by atoms with Crippen LogP contribution in [0.1, 0.15) is 41.7 Å². The zero-order chi connectivity index (χ0) is 19.2. The largest absolute Gasteiger partial charge is 0.346 e. The van der Waals surface area contributed by atoms with Crippen LogP contribution in [0.15, 0.2) is 54.6 Å². The number of para-hydroxylation sites is 1. The molecule has 2 atom stereocenters. The lowest BCUT2D eigenvalue weighted by Crippen LogP contribution is -2.69. The number of hydrogen-bond donors (Lipinski definition) is 1. The number of nitrogens with one attached hydrogen (secondary N) is 1. The Bertz CT molecular complexity index is 927. The van der Waals surface area contributed by atoms with E-state index in [4.69, 9.17) is 0 Å². The minimum absolute atomic E-state index is 0.149. The Morgan fingerprint density at radius 1 is 1.07 bits per heavy atom. The monoisotopic (exact) mass is 363 g/mol. The molecule has 6 nitrogen and oxygen atoms in total. The first-order valence-electron chi connectivity index (χ1n) is 9.03. The molecule has 0 saturated carbocycles. The molecule has 1 N–H and O–H groups in total. The van der Waals surface area contributed by atoms with E-state index in [0.717, 1.165) is 5.56 Å². The van der Waals surface area contributed by atoms with Gasteiger partial charge >= 0.3 is 0 Å². The van der Waals surface area contributed by atoms with Crippen LogP contribution < -0.4 is 10.2 Å². The van der Waals surface area contributed by atoms with Crippen molar-refractivity contribution in [2.24, 2.45) is 0 Å². The van der Waals surface area contributed by atoms with E-state index in [0.29, 0.717) is 11.3 Å². The average molecular weight is 363 g/mol. The van der Waals surface area contributed by atoms with Crippen molar-refractivity contribution < 1.29 is 14.4 Å². The SMILES string of the molecule is C[C@H](NC(=O)[C@]12CCC(=O)N1c1ccccc1C(=O)N2C)c1ccccc1. The predicted molar refractivity (Wildman–Crippen MR) is 101 cm³/mol. The molecule has 0 bridgehead atoms. The number of rotatable bonds is 3. The van der Waals surface area contributed by atoms with Crippen LogP contribution in [-0.4, -0.2) is 35.3 Å². The first-order valence-corrected chi connectivity index (χ1v) is 9.03. The van der Waals surface area contributed by atoms with Crippen molar-refractivity contribution in [1.29, 1.82) is 0 Å². The molecular weight excluding hydrogens is 342 g/mol. The van der Waals surface area contributed by atoms with Gasteiger partial charge in [0, 0.05) is 19.9 Å². The second-order valence-corrected chi connectivity index (χ2v) is 7.03. The number of benzene rings is 2. The van der Waals surface area contributed by atoms with Crippen LogP contribution in [0.25, 0.3) is 0 Å².